The third kappa shape index (κ3) is 5.18. The standard InChI is InChI=1S/C26H27NO4/c1-2-29-23-12-7-6-11-21(23)26(28)27-22(17-19-9-4-3-5-10-19)20-13-14-24-25(18-20)31-16-8-15-30-24/h3-7,9-14,18,22H,2,8,15-17H2,1H3,(H,27,28). The minimum atomic E-state index is -0.235. The fraction of sp³-hybridized carbons (Fsp3) is 0.269. The summed E-state index contributed by atoms with van der Waals surface area (Å²) in [6.07, 6.45) is 1.51. The van der Waals surface area contributed by atoms with Crippen LogP contribution in [0.1, 0.15) is 40.9 Å². The van der Waals surface area contributed by atoms with Gasteiger partial charge in [-0.15, -0.1) is 0 Å². The number of carbonyl (C=O) groups excluding carboxylic acids is 1. The van der Waals surface area contributed by atoms with Crippen molar-refractivity contribution in [3.63, 3.8) is 0 Å². The van der Waals surface area contributed by atoms with E-state index in [0.717, 1.165) is 29.0 Å². The maximum absolute atomic E-state index is 13.2. The Bertz CT molecular complexity index is 1020. The van der Waals surface area contributed by atoms with Crippen molar-refractivity contribution in [2.75, 3.05) is 19.8 Å². The highest BCUT2D eigenvalue weighted by Gasteiger charge is 2.21. The van der Waals surface area contributed by atoms with Gasteiger partial charge in [0.1, 0.15) is 5.75 Å². The molecular weight excluding hydrogens is 390 g/mol. The van der Waals surface area contributed by atoms with Gasteiger partial charge in [0.15, 0.2) is 11.5 Å². The lowest BCUT2D eigenvalue weighted by molar-refractivity contribution is 0.0932. The molecule has 1 atom stereocenters. The van der Waals surface area contributed by atoms with Gasteiger partial charge < -0.3 is 19.5 Å². The van der Waals surface area contributed by atoms with Crippen LogP contribution in [0.15, 0.2) is 72.8 Å². The summed E-state index contributed by atoms with van der Waals surface area (Å²) in [7, 11) is 0. The maximum atomic E-state index is 13.2. The Balaban J connectivity index is 1.64. The Morgan fingerprint density at radius 2 is 1.71 bits per heavy atom. The minimum absolute atomic E-state index is 0.169. The molecule has 1 amide bonds. The largest absolute Gasteiger partial charge is 0.493 e. The van der Waals surface area contributed by atoms with Crippen molar-refractivity contribution in [1.29, 1.82) is 0 Å². The molecule has 160 valence electrons. The zero-order chi connectivity index (χ0) is 21.5. The fourth-order valence-electron chi connectivity index (χ4n) is 3.67. The van der Waals surface area contributed by atoms with E-state index in [1.165, 1.54) is 0 Å². The third-order valence-corrected chi connectivity index (χ3v) is 5.19. The van der Waals surface area contributed by atoms with E-state index in [9.17, 15) is 4.79 Å². The van der Waals surface area contributed by atoms with Crippen LogP contribution in [-0.2, 0) is 6.42 Å². The Hall–Kier alpha value is -3.47. The molecule has 0 fully saturated rings. The number of carbonyl (C=O) groups is 1. The van der Waals surface area contributed by atoms with Gasteiger partial charge in [-0.1, -0.05) is 48.5 Å². The van der Waals surface area contributed by atoms with Gasteiger partial charge in [-0.25, -0.2) is 0 Å². The number of fused-ring (bicyclic) bond motifs is 1. The number of hydrogen-bond acceptors (Lipinski definition) is 4. The molecule has 4 rings (SSSR count). The summed E-state index contributed by atoms with van der Waals surface area (Å²) in [6, 6.07) is 23.1. The highest BCUT2D eigenvalue weighted by atomic mass is 16.5. The highest BCUT2D eigenvalue weighted by molar-refractivity contribution is 5.97. The first-order valence-corrected chi connectivity index (χ1v) is 10.7. The van der Waals surface area contributed by atoms with E-state index in [1.54, 1.807) is 6.07 Å². The molecule has 1 N–H and O–H groups in total. The molecule has 0 aliphatic carbocycles. The molecule has 0 spiro atoms. The van der Waals surface area contributed by atoms with E-state index in [4.69, 9.17) is 14.2 Å². The topological polar surface area (TPSA) is 56.8 Å². The maximum Gasteiger partial charge on any atom is 0.255 e. The summed E-state index contributed by atoms with van der Waals surface area (Å²) >= 11 is 0. The molecular formula is C26H27NO4. The molecule has 1 heterocycles. The molecule has 0 aromatic heterocycles. The van der Waals surface area contributed by atoms with Crippen molar-refractivity contribution in [3.8, 4) is 17.2 Å². The smallest absolute Gasteiger partial charge is 0.255 e. The van der Waals surface area contributed by atoms with Crippen molar-refractivity contribution in [2.24, 2.45) is 0 Å². The Morgan fingerprint density at radius 3 is 2.52 bits per heavy atom. The molecule has 1 aliphatic heterocycles. The van der Waals surface area contributed by atoms with Crippen molar-refractivity contribution in [1.82, 2.24) is 5.32 Å². The quantitative estimate of drug-likeness (QED) is 0.590. The van der Waals surface area contributed by atoms with Gasteiger partial charge in [-0.05, 0) is 48.7 Å². The van der Waals surface area contributed by atoms with Gasteiger partial charge in [0.05, 0.1) is 31.4 Å². The van der Waals surface area contributed by atoms with Gasteiger partial charge in [0.2, 0.25) is 0 Å². The Morgan fingerprint density at radius 1 is 0.968 bits per heavy atom. The number of ether oxygens (including phenoxy) is 3. The number of rotatable bonds is 7. The molecule has 3 aromatic carbocycles. The number of nitrogens with one attached hydrogen (secondary N) is 1. The lowest BCUT2D eigenvalue weighted by Crippen LogP contribution is -2.30. The van der Waals surface area contributed by atoms with Gasteiger partial charge >= 0.3 is 0 Å². The molecule has 0 saturated carbocycles. The van der Waals surface area contributed by atoms with Crippen LogP contribution in [0.25, 0.3) is 0 Å². The summed E-state index contributed by atoms with van der Waals surface area (Å²) in [5, 5.41) is 3.20. The van der Waals surface area contributed by atoms with Crippen molar-refractivity contribution >= 4 is 5.91 Å². The second-order valence-electron chi connectivity index (χ2n) is 7.40. The Kier molecular flexibility index (Phi) is 6.72. The first-order valence-electron chi connectivity index (χ1n) is 10.7. The van der Waals surface area contributed by atoms with Crippen LogP contribution in [0.3, 0.4) is 0 Å². The summed E-state index contributed by atoms with van der Waals surface area (Å²) < 4.78 is 17.3. The highest BCUT2D eigenvalue weighted by Crippen LogP contribution is 2.33. The normalized spacial score (nSPS) is 13.7. The zero-order valence-corrected chi connectivity index (χ0v) is 17.7. The number of amides is 1. The summed E-state index contributed by atoms with van der Waals surface area (Å²) in [5.74, 6) is 1.88. The van der Waals surface area contributed by atoms with Crippen LogP contribution in [0.2, 0.25) is 0 Å². The van der Waals surface area contributed by atoms with Crippen LogP contribution in [0.4, 0.5) is 0 Å². The van der Waals surface area contributed by atoms with Gasteiger partial charge in [-0.2, -0.15) is 0 Å². The first kappa shape index (κ1) is 20.8. The van der Waals surface area contributed by atoms with E-state index < -0.39 is 0 Å². The number of para-hydroxylation sites is 1. The molecule has 3 aromatic rings. The van der Waals surface area contributed by atoms with Crippen molar-refractivity contribution < 1.29 is 19.0 Å². The average Bonchev–Trinajstić information content (AvgIpc) is 3.05. The predicted molar refractivity (Wildman–Crippen MR) is 120 cm³/mol. The van der Waals surface area contributed by atoms with Crippen LogP contribution in [0, 0.1) is 0 Å². The van der Waals surface area contributed by atoms with Gasteiger partial charge in [0, 0.05) is 6.42 Å². The van der Waals surface area contributed by atoms with E-state index >= 15 is 0 Å². The molecule has 0 saturated heterocycles. The van der Waals surface area contributed by atoms with Crippen LogP contribution < -0.4 is 19.5 Å². The second kappa shape index (κ2) is 10.0. The predicted octanol–water partition coefficient (Wildman–Crippen LogP) is 4.96. The van der Waals surface area contributed by atoms with Crippen molar-refractivity contribution in [3.05, 3.63) is 89.5 Å². The number of benzene rings is 3. The molecule has 31 heavy (non-hydrogen) atoms. The molecule has 5 heteroatoms. The van der Waals surface area contributed by atoms with Crippen molar-refractivity contribution in [2.45, 2.75) is 25.8 Å². The molecule has 0 radical (unpaired) electrons. The molecule has 5 nitrogen and oxygen atoms in total. The summed E-state index contributed by atoms with van der Waals surface area (Å²) in [5.41, 5.74) is 2.63. The minimum Gasteiger partial charge on any atom is -0.493 e. The molecule has 1 unspecified atom stereocenters. The van der Waals surface area contributed by atoms with Gasteiger partial charge in [-0.3, -0.25) is 4.79 Å². The average molecular weight is 418 g/mol. The van der Waals surface area contributed by atoms with E-state index in [-0.39, 0.29) is 11.9 Å². The van der Waals surface area contributed by atoms with E-state index in [1.807, 2.05) is 61.5 Å². The van der Waals surface area contributed by atoms with E-state index in [2.05, 4.69) is 17.4 Å². The molecule has 1 aliphatic rings. The van der Waals surface area contributed by atoms with E-state index in [0.29, 0.717) is 37.6 Å². The summed E-state index contributed by atoms with van der Waals surface area (Å²) in [6.45, 7) is 3.67. The summed E-state index contributed by atoms with van der Waals surface area (Å²) in [4.78, 5) is 13.2. The SMILES string of the molecule is CCOc1ccccc1C(=O)NC(Cc1ccccc1)c1ccc2c(c1)OCCCO2. The van der Waals surface area contributed by atoms with Crippen LogP contribution in [0.5, 0.6) is 17.2 Å². The molecule has 0 bridgehead atoms. The lowest BCUT2D eigenvalue weighted by Gasteiger charge is -2.21. The lowest BCUT2D eigenvalue weighted by atomic mass is 9.97. The first-order chi connectivity index (χ1) is 15.2. The Labute approximate surface area is 183 Å². The monoisotopic (exact) mass is 417 g/mol. The van der Waals surface area contributed by atoms with Crippen LogP contribution >= 0.6 is 0 Å². The number of hydrogen-bond donors (Lipinski definition) is 1. The second-order valence-corrected chi connectivity index (χ2v) is 7.40. The van der Waals surface area contributed by atoms with Crippen LogP contribution in [-0.4, -0.2) is 25.7 Å². The third-order valence-electron chi connectivity index (χ3n) is 5.19. The fourth-order valence-corrected chi connectivity index (χ4v) is 3.67. The van der Waals surface area contributed by atoms with Gasteiger partial charge in [0.25, 0.3) is 5.91 Å². The zero-order valence-electron chi connectivity index (χ0n) is 17.7.